The van der Waals surface area contributed by atoms with Gasteiger partial charge in [0, 0.05) is 139 Å². The van der Waals surface area contributed by atoms with Crippen LogP contribution in [0.25, 0.3) is 0 Å². The Balaban J connectivity index is 0.000000137. The van der Waals surface area contributed by atoms with E-state index in [-0.39, 0.29) is 167 Å². The number of fused-ring (bicyclic) bond motifs is 20. The molecule has 2 fully saturated rings. The lowest BCUT2D eigenvalue weighted by molar-refractivity contribution is 0.0658. The molecular formula is C88H95N27O20. The number of aliphatic hydroxyl groups is 2. The van der Waals surface area contributed by atoms with E-state index in [9.17, 15) is 67.7 Å². The molecule has 6 aliphatic rings. The van der Waals surface area contributed by atoms with E-state index in [4.69, 9.17) is 28.4 Å². The lowest BCUT2D eigenvalue weighted by Gasteiger charge is -2.22. The summed E-state index contributed by atoms with van der Waals surface area (Å²) in [6.07, 6.45) is 8.36. The highest BCUT2D eigenvalue weighted by Crippen LogP contribution is 2.29. The van der Waals surface area contributed by atoms with E-state index >= 15 is 0 Å². The van der Waals surface area contributed by atoms with Crippen LogP contribution in [-0.2, 0) is 48.2 Å². The van der Waals surface area contributed by atoms with Crippen molar-refractivity contribution in [3.05, 3.63) is 262 Å². The van der Waals surface area contributed by atoms with Crippen molar-refractivity contribution in [1.29, 1.82) is 0 Å². The summed E-state index contributed by atoms with van der Waals surface area (Å²) in [5.41, 5.74) is 2.32. The summed E-state index contributed by atoms with van der Waals surface area (Å²) in [4.78, 5) is 165. The maximum Gasteiger partial charge on any atom is 0.274 e. The molecule has 0 radical (unpaired) electrons. The number of carbonyl (C=O) groups excluding carboxylic acids is 8. The molecule has 2 unspecified atom stereocenters. The van der Waals surface area contributed by atoms with Crippen LogP contribution in [0, 0.1) is 0 Å². The first-order valence-electron chi connectivity index (χ1n) is 43.1. The van der Waals surface area contributed by atoms with Crippen LogP contribution in [0.3, 0.4) is 0 Å². The quantitative estimate of drug-likeness (QED) is 0.118. The molecule has 2 saturated heterocycles. The number of nitrogens with one attached hydrogen (secondary N) is 8. The summed E-state index contributed by atoms with van der Waals surface area (Å²) in [6.45, 7) is 9.19. The maximum atomic E-state index is 13.1. The molecule has 12 aromatic rings. The maximum absolute atomic E-state index is 13.1. The Morgan fingerprint density at radius 2 is 0.726 bits per heavy atom. The summed E-state index contributed by atoms with van der Waals surface area (Å²) in [5, 5.41) is 76.4. The van der Waals surface area contributed by atoms with Crippen LogP contribution < -0.4 is 83.7 Å². The van der Waals surface area contributed by atoms with Gasteiger partial charge in [-0.15, -0.1) is 20.4 Å². The summed E-state index contributed by atoms with van der Waals surface area (Å²) in [5.74, 6) is -3.06. The standard InChI is InChI=1S/C23H25N7O6.C23H25N7O5.C22H25N7O4.C20H20N6O5/c31-16-10-24-23(34)21-18(12-29(28-21)15-6-8-35-9-7-15)26-22(33)17-3-1-2-14(25-17)11-30-20(32)5-4-19(27-30)36-13-16;31-20-6-5-19-27-30(20)13-15-3-1-4-17(25-15)22(32)26-18-14-29(16-7-11-34-12-8-16)28-21(18)23(33)24-9-2-10-35-19;1-22(2,3)29-13-16-19(27-29)21(32)23-10-5-11-33-17-8-9-18(30)28(26-17)12-14-6-4-7-15(24-14)20(31)25-16;1-25-10-15-18(24-25)20(30)21-8-14(27)11-31-16-5-6-17(28)26(23-16)9-12-3-2-4-13(7-12)19(29)22-15/h1-5,12,15-16,31H,6-11,13H2,(H,24,34)(H,26,33);1,3-6,14,16H,2,7-13H2,(H,24,33)(H,26,32);4,6-9,13H,5,10-12H2,1-3H3,(H,23,32)(H,25,31);2-7,10,14,27H,8-9,11H2,1H3,(H,21,30)(H,22,29). The average Bonchev–Trinajstić information content (AvgIpc) is 1.68. The van der Waals surface area contributed by atoms with Crippen LogP contribution in [0.2, 0.25) is 0 Å². The number of pyridine rings is 3. The van der Waals surface area contributed by atoms with Gasteiger partial charge in [0.2, 0.25) is 23.5 Å². The molecule has 17 heterocycles. The Bertz CT molecular complexity index is 6650. The Labute approximate surface area is 765 Å². The molecule has 0 spiro atoms. The average molecular weight is 1850 g/mol. The topological polar surface area (TPSA) is 578 Å². The van der Waals surface area contributed by atoms with Gasteiger partial charge in [0.1, 0.15) is 42.5 Å². The number of aliphatic hydroxyl groups excluding tert-OH is 2. The molecule has 6 aliphatic heterocycles. The van der Waals surface area contributed by atoms with Gasteiger partial charge in [-0.25, -0.2) is 33.7 Å². The molecule has 47 heteroatoms. The van der Waals surface area contributed by atoms with Crippen molar-refractivity contribution < 1.29 is 77.0 Å². The molecule has 1 aromatic carbocycles. The molecule has 11 aromatic heterocycles. The molecule has 47 nitrogen and oxygen atoms in total. The van der Waals surface area contributed by atoms with Gasteiger partial charge in [-0.2, -0.15) is 20.4 Å². The van der Waals surface area contributed by atoms with Crippen LogP contribution >= 0.6 is 0 Å². The van der Waals surface area contributed by atoms with Crippen molar-refractivity contribution in [2.45, 2.75) is 115 Å². The van der Waals surface area contributed by atoms with E-state index < -0.39 is 65.0 Å². The lowest BCUT2D eigenvalue weighted by Crippen LogP contribution is -2.36. The minimum atomic E-state index is -1.06. The third-order valence-electron chi connectivity index (χ3n) is 21.2. The molecule has 702 valence electrons. The first-order chi connectivity index (χ1) is 65.1. The minimum absolute atomic E-state index is 0.00663. The number of β-amino-alcohol motifs (C(OH)–C–C–N with tert-alkyl or cyclic N) is 2. The second-order valence-electron chi connectivity index (χ2n) is 32.5. The molecule has 2 atom stereocenters. The van der Waals surface area contributed by atoms with Crippen molar-refractivity contribution in [2.75, 3.05) is 100 Å². The number of rotatable bonds is 2. The minimum Gasteiger partial charge on any atom is -0.477 e. The SMILES string of the molecule is CC(C)(C)n1cc2c(n1)C(=O)NCCCOc1ccc(=O)n(n1)Cc1cccc(n1)C(=O)N2.Cn1cc2c(n1)C(=O)NCC(O)COc1ccc(=O)n(n1)Cc1cccc(c1)C(=O)N2.O=C1Nc2cn(C3CCOCC3)nc2C(=O)NCC(O)COc2ccc(=O)n(n2)Cc2cccc1n2.O=C1Nc2cn(C3CCOCC3)nc2C(=O)NCCCOc2ccc(=O)n(n2)Cc2cccc1n2. The van der Waals surface area contributed by atoms with E-state index in [2.05, 4.69) is 98.3 Å². The van der Waals surface area contributed by atoms with E-state index in [0.29, 0.717) is 99.5 Å². The fraction of sp³-hybridized carbons (Fsp3) is 0.352. The second kappa shape index (κ2) is 42.8. The van der Waals surface area contributed by atoms with E-state index in [1.54, 1.807) is 112 Å². The zero-order valence-electron chi connectivity index (χ0n) is 73.5. The Morgan fingerprint density at radius 3 is 1.15 bits per heavy atom. The molecule has 0 aliphatic carbocycles. The van der Waals surface area contributed by atoms with Crippen LogP contribution in [0.1, 0.15) is 178 Å². The fourth-order valence-electron chi connectivity index (χ4n) is 14.2. The zero-order chi connectivity index (χ0) is 94.8. The molecular weight excluding hydrogens is 1760 g/mol. The van der Waals surface area contributed by atoms with Crippen molar-refractivity contribution in [3.63, 3.8) is 0 Å². The third-order valence-corrected chi connectivity index (χ3v) is 21.2. The van der Waals surface area contributed by atoms with Gasteiger partial charge in [0.25, 0.3) is 69.5 Å². The number of amides is 8. The largest absolute Gasteiger partial charge is 0.477 e. The van der Waals surface area contributed by atoms with Gasteiger partial charge in [0.05, 0.1) is 96.8 Å². The molecule has 10 N–H and O–H groups in total. The highest BCUT2D eigenvalue weighted by atomic mass is 16.5. The van der Waals surface area contributed by atoms with E-state index in [1.165, 1.54) is 79.5 Å². The van der Waals surface area contributed by atoms with Crippen LogP contribution in [0.5, 0.6) is 23.5 Å². The molecule has 16 bridgehead atoms. The smallest absolute Gasteiger partial charge is 0.274 e. The van der Waals surface area contributed by atoms with Crippen LogP contribution in [0.4, 0.5) is 22.7 Å². The second-order valence-corrected chi connectivity index (χ2v) is 32.5. The van der Waals surface area contributed by atoms with Crippen molar-refractivity contribution >= 4 is 70.0 Å². The van der Waals surface area contributed by atoms with Gasteiger partial charge in [-0.1, -0.05) is 30.3 Å². The van der Waals surface area contributed by atoms with Gasteiger partial charge in [-0.3, -0.25) is 76.3 Å². The highest BCUT2D eigenvalue weighted by molar-refractivity contribution is 6.10. The van der Waals surface area contributed by atoms with Crippen molar-refractivity contribution in [2.24, 2.45) is 7.05 Å². The molecule has 135 heavy (non-hydrogen) atoms. The number of anilines is 4. The number of aryl methyl sites for hydroxylation is 1. The van der Waals surface area contributed by atoms with Crippen molar-refractivity contribution in [3.8, 4) is 23.5 Å². The molecule has 0 saturated carbocycles. The van der Waals surface area contributed by atoms with E-state index in [0.717, 1.165) is 30.4 Å². The van der Waals surface area contributed by atoms with Crippen LogP contribution in [-0.4, -0.2) is 242 Å². The fourth-order valence-corrected chi connectivity index (χ4v) is 14.2. The first-order valence-corrected chi connectivity index (χ1v) is 43.1. The van der Waals surface area contributed by atoms with Gasteiger partial charge in [0.15, 0.2) is 22.8 Å². The molecule has 8 amide bonds. The summed E-state index contributed by atoms with van der Waals surface area (Å²) in [7, 11) is 1.63. The van der Waals surface area contributed by atoms with Gasteiger partial charge < -0.3 is 81.2 Å². The van der Waals surface area contributed by atoms with Gasteiger partial charge >= 0.3 is 0 Å². The number of hydrogen-bond donors (Lipinski definition) is 10. The number of hydrogen-bond acceptors (Lipinski definition) is 31. The predicted molar refractivity (Wildman–Crippen MR) is 477 cm³/mol. The number of aromatic nitrogens is 19. The summed E-state index contributed by atoms with van der Waals surface area (Å²) < 4.78 is 44.3. The number of ether oxygens (including phenoxy) is 6. The highest BCUT2D eigenvalue weighted by Gasteiger charge is 2.31. The number of benzene rings is 1. The van der Waals surface area contributed by atoms with E-state index in [1.807, 2.05) is 20.8 Å². The normalized spacial score (nSPS) is 17.3. The van der Waals surface area contributed by atoms with Crippen molar-refractivity contribution in [1.82, 2.24) is 114 Å². The monoisotopic (exact) mass is 1850 g/mol. The number of carbonyl (C=O) groups is 8. The van der Waals surface area contributed by atoms with Gasteiger partial charge in [-0.05, 0) is 113 Å². The third kappa shape index (κ3) is 24.5. The zero-order valence-corrected chi connectivity index (χ0v) is 73.5. The predicted octanol–water partition coefficient (Wildman–Crippen LogP) is 2.13. The summed E-state index contributed by atoms with van der Waals surface area (Å²) >= 11 is 0. The Hall–Kier alpha value is -16.2. The molecule has 18 rings (SSSR count). The van der Waals surface area contributed by atoms with Crippen LogP contribution in [0.15, 0.2) is 171 Å². The first kappa shape index (κ1) is 93.5. The lowest BCUT2D eigenvalue weighted by atomic mass is 10.1. The Kier molecular flexibility index (Phi) is 29.7. The number of nitrogens with zero attached hydrogens (tertiary/aromatic N) is 19. The summed E-state index contributed by atoms with van der Waals surface area (Å²) in [6, 6.07) is 32.6. The Morgan fingerprint density at radius 1 is 0.363 bits per heavy atom.